The fraction of sp³-hybridized carbons (Fsp3) is 0.467. The van der Waals surface area contributed by atoms with Crippen LogP contribution in [0.3, 0.4) is 0 Å². The van der Waals surface area contributed by atoms with Gasteiger partial charge in [-0.1, -0.05) is 0 Å². The van der Waals surface area contributed by atoms with Gasteiger partial charge in [0.2, 0.25) is 12.3 Å². The number of hydrogen-bond donors (Lipinski definition) is 1. The van der Waals surface area contributed by atoms with Gasteiger partial charge in [-0.25, -0.2) is 0 Å². The van der Waals surface area contributed by atoms with E-state index in [2.05, 4.69) is 5.32 Å². The van der Waals surface area contributed by atoms with Crippen molar-refractivity contribution in [2.75, 3.05) is 51.3 Å². The van der Waals surface area contributed by atoms with Crippen LogP contribution in [0.4, 0.5) is 5.69 Å². The zero-order valence-corrected chi connectivity index (χ0v) is 12.3. The fourth-order valence-corrected chi connectivity index (χ4v) is 2.55. The van der Waals surface area contributed by atoms with Crippen LogP contribution in [0.15, 0.2) is 18.2 Å². The predicted molar refractivity (Wildman–Crippen MR) is 80.1 cm³/mol. The Bertz CT molecular complexity index is 556. The van der Waals surface area contributed by atoms with Gasteiger partial charge in [-0.05, 0) is 12.1 Å². The van der Waals surface area contributed by atoms with Crippen LogP contribution in [0.5, 0.6) is 11.5 Å². The van der Waals surface area contributed by atoms with E-state index in [0.717, 1.165) is 6.41 Å². The first-order valence-corrected chi connectivity index (χ1v) is 7.36. The van der Waals surface area contributed by atoms with Crippen molar-refractivity contribution in [2.24, 2.45) is 0 Å². The molecule has 1 fully saturated rings. The first kappa shape index (κ1) is 14.6. The zero-order chi connectivity index (χ0) is 15.4. The number of hydrogen-bond acceptors (Lipinski definition) is 5. The molecule has 0 atom stereocenters. The van der Waals surface area contributed by atoms with E-state index in [1.807, 2.05) is 4.90 Å². The molecule has 0 aliphatic carbocycles. The monoisotopic (exact) mass is 305 g/mol. The molecule has 2 heterocycles. The summed E-state index contributed by atoms with van der Waals surface area (Å²) in [5, 5.41) is 2.87. The molecule has 2 amide bonds. The van der Waals surface area contributed by atoms with E-state index >= 15 is 0 Å². The Labute approximate surface area is 128 Å². The van der Waals surface area contributed by atoms with E-state index < -0.39 is 0 Å². The van der Waals surface area contributed by atoms with Crippen LogP contribution in [0.25, 0.3) is 0 Å². The van der Waals surface area contributed by atoms with Gasteiger partial charge in [0.05, 0.1) is 6.54 Å². The van der Waals surface area contributed by atoms with Crippen molar-refractivity contribution in [3.8, 4) is 11.5 Å². The number of nitrogens with one attached hydrogen (secondary N) is 1. The van der Waals surface area contributed by atoms with Gasteiger partial charge >= 0.3 is 0 Å². The molecule has 0 spiro atoms. The molecule has 1 aromatic carbocycles. The average Bonchev–Trinajstić information content (AvgIpc) is 2.55. The topological polar surface area (TPSA) is 71.1 Å². The highest BCUT2D eigenvalue weighted by molar-refractivity contribution is 5.92. The molecule has 0 bridgehead atoms. The third-order valence-corrected chi connectivity index (χ3v) is 3.75. The van der Waals surface area contributed by atoms with Crippen LogP contribution in [-0.2, 0) is 9.59 Å². The summed E-state index contributed by atoms with van der Waals surface area (Å²) in [5.41, 5.74) is 0.695. The number of ether oxygens (including phenoxy) is 2. The van der Waals surface area contributed by atoms with E-state index in [9.17, 15) is 9.59 Å². The number of carbonyl (C=O) groups is 2. The van der Waals surface area contributed by atoms with E-state index in [1.165, 1.54) is 0 Å². The van der Waals surface area contributed by atoms with Crippen LogP contribution in [0.1, 0.15) is 0 Å². The van der Waals surface area contributed by atoms with Crippen molar-refractivity contribution in [1.29, 1.82) is 0 Å². The summed E-state index contributed by atoms with van der Waals surface area (Å²) in [4.78, 5) is 26.5. The smallest absolute Gasteiger partial charge is 0.238 e. The molecule has 0 saturated carbocycles. The van der Waals surface area contributed by atoms with Crippen LogP contribution in [-0.4, -0.2) is 68.1 Å². The minimum absolute atomic E-state index is 0.0729. The van der Waals surface area contributed by atoms with Gasteiger partial charge in [0, 0.05) is 37.9 Å². The van der Waals surface area contributed by atoms with Crippen molar-refractivity contribution in [3.05, 3.63) is 18.2 Å². The highest BCUT2D eigenvalue weighted by atomic mass is 16.6. The number of benzene rings is 1. The maximum atomic E-state index is 12.1. The van der Waals surface area contributed by atoms with Gasteiger partial charge in [0.15, 0.2) is 11.5 Å². The Morgan fingerprint density at radius 3 is 2.59 bits per heavy atom. The lowest BCUT2D eigenvalue weighted by Crippen LogP contribution is -2.48. The van der Waals surface area contributed by atoms with Crippen LogP contribution >= 0.6 is 0 Å². The summed E-state index contributed by atoms with van der Waals surface area (Å²) in [6, 6.07) is 5.37. The maximum Gasteiger partial charge on any atom is 0.238 e. The van der Waals surface area contributed by atoms with Gasteiger partial charge < -0.3 is 19.7 Å². The average molecular weight is 305 g/mol. The van der Waals surface area contributed by atoms with Gasteiger partial charge in [-0.3, -0.25) is 14.5 Å². The summed E-state index contributed by atoms with van der Waals surface area (Å²) >= 11 is 0. The summed E-state index contributed by atoms with van der Waals surface area (Å²) in [6.07, 6.45) is 0.854. The van der Waals surface area contributed by atoms with Crippen molar-refractivity contribution >= 4 is 18.0 Å². The standard InChI is InChI=1S/C15H19N3O4/c19-11-18-5-3-17(4-6-18)10-15(20)16-12-1-2-13-14(9-12)22-8-7-21-13/h1-2,9,11H,3-8,10H2,(H,16,20). The number of anilines is 1. The number of piperazine rings is 1. The highest BCUT2D eigenvalue weighted by Crippen LogP contribution is 2.32. The third-order valence-electron chi connectivity index (χ3n) is 3.75. The molecular weight excluding hydrogens is 286 g/mol. The molecule has 0 radical (unpaired) electrons. The van der Waals surface area contributed by atoms with Gasteiger partial charge in [-0.15, -0.1) is 0 Å². The Morgan fingerprint density at radius 1 is 1.14 bits per heavy atom. The molecule has 2 aliphatic heterocycles. The summed E-state index contributed by atoms with van der Waals surface area (Å²) in [7, 11) is 0. The SMILES string of the molecule is O=CN1CCN(CC(=O)Nc2ccc3c(c2)OCCO3)CC1. The lowest BCUT2D eigenvalue weighted by atomic mass is 10.2. The maximum absolute atomic E-state index is 12.1. The Balaban J connectivity index is 1.52. The first-order chi connectivity index (χ1) is 10.7. The van der Waals surface area contributed by atoms with Crippen LogP contribution < -0.4 is 14.8 Å². The minimum Gasteiger partial charge on any atom is -0.486 e. The minimum atomic E-state index is -0.0729. The molecular formula is C15H19N3O4. The van der Waals surface area contributed by atoms with E-state index in [1.54, 1.807) is 23.1 Å². The normalized spacial score (nSPS) is 17.9. The fourth-order valence-electron chi connectivity index (χ4n) is 2.55. The molecule has 22 heavy (non-hydrogen) atoms. The van der Waals surface area contributed by atoms with E-state index in [0.29, 0.717) is 63.1 Å². The largest absolute Gasteiger partial charge is 0.486 e. The molecule has 2 aliphatic rings. The van der Waals surface area contributed by atoms with E-state index in [4.69, 9.17) is 9.47 Å². The van der Waals surface area contributed by atoms with Crippen molar-refractivity contribution in [2.45, 2.75) is 0 Å². The molecule has 0 unspecified atom stereocenters. The molecule has 118 valence electrons. The number of fused-ring (bicyclic) bond motifs is 1. The quantitative estimate of drug-likeness (QED) is 0.803. The first-order valence-electron chi connectivity index (χ1n) is 7.36. The highest BCUT2D eigenvalue weighted by Gasteiger charge is 2.18. The Hall–Kier alpha value is -2.28. The Kier molecular flexibility index (Phi) is 4.43. The molecule has 1 aromatic rings. The lowest BCUT2D eigenvalue weighted by molar-refractivity contribution is -0.120. The summed E-state index contributed by atoms with van der Waals surface area (Å²) < 4.78 is 10.9. The van der Waals surface area contributed by atoms with Crippen molar-refractivity contribution in [3.63, 3.8) is 0 Å². The predicted octanol–water partition coefficient (Wildman–Crippen LogP) is 0.170. The second kappa shape index (κ2) is 6.65. The lowest BCUT2D eigenvalue weighted by Gasteiger charge is -2.31. The number of carbonyl (C=O) groups excluding carboxylic acids is 2. The van der Waals surface area contributed by atoms with Crippen LogP contribution in [0, 0.1) is 0 Å². The van der Waals surface area contributed by atoms with E-state index in [-0.39, 0.29) is 5.91 Å². The second-order valence-electron chi connectivity index (χ2n) is 5.32. The number of nitrogens with zero attached hydrogens (tertiary/aromatic N) is 2. The molecule has 1 saturated heterocycles. The van der Waals surface area contributed by atoms with Gasteiger partial charge in [-0.2, -0.15) is 0 Å². The summed E-state index contributed by atoms with van der Waals surface area (Å²) in [6.45, 7) is 4.15. The second-order valence-corrected chi connectivity index (χ2v) is 5.32. The third kappa shape index (κ3) is 3.48. The zero-order valence-electron chi connectivity index (χ0n) is 12.3. The molecule has 1 N–H and O–H groups in total. The van der Waals surface area contributed by atoms with Crippen molar-refractivity contribution in [1.82, 2.24) is 9.80 Å². The van der Waals surface area contributed by atoms with Crippen molar-refractivity contribution < 1.29 is 19.1 Å². The Morgan fingerprint density at radius 2 is 1.86 bits per heavy atom. The number of rotatable bonds is 4. The molecule has 7 nitrogen and oxygen atoms in total. The van der Waals surface area contributed by atoms with Gasteiger partial charge in [0.1, 0.15) is 13.2 Å². The van der Waals surface area contributed by atoms with Gasteiger partial charge in [0.25, 0.3) is 0 Å². The summed E-state index contributed by atoms with van der Waals surface area (Å²) in [5.74, 6) is 1.29. The molecule has 0 aromatic heterocycles. The number of amides is 2. The molecule has 7 heteroatoms. The van der Waals surface area contributed by atoms with Crippen LogP contribution in [0.2, 0.25) is 0 Å². The molecule has 3 rings (SSSR count).